The number of carboxylic acids is 1. The van der Waals surface area contributed by atoms with Crippen molar-refractivity contribution in [2.45, 2.75) is 38.0 Å². The summed E-state index contributed by atoms with van der Waals surface area (Å²) in [6, 6.07) is -1.57. The number of nitrogens with one attached hydrogen (secondary N) is 1. The third-order valence-electron chi connectivity index (χ3n) is 2.61. The molecule has 1 rings (SSSR count). The van der Waals surface area contributed by atoms with Gasteiger partial charge in [-0.25, -0.2) is 9.59 Å². The van der Waals surface area contributed by atoms with E-state index >= 15 is 0 Å². The van der Waals surface area contributed by atoms with Crippen LogP contribution in [0.4, 0.5) is 4.79 Å². The Morgan fingerprint density at radius 1 is 1.53 bits per heavy atom. The second-order valence-corrected chi connectivity index (χ2v) is 4.60. The van der Waals surface area contributed by atoms with Crippen LogP contribution in [0.25, 0.3) is 0 Å². The molecule has 0 saturated carbocycles. The molecule has 0 aliphatic carbocycles. The number of likely N-dealkylation sites (tertiary alicyclic amines) is 1. The lowest BCUT2D eigenvalue weighted by Crippen LogP contribution is -2.52. The van der Waals surface area contributed by atoms with Crippen molar-refractivity contribution in [1.29, 1.82) is 0 Å². The van der Waals surface area contributed by atoms with Gasteiger partial charge in [0.25, 0.3) is 0 Å². The van der Waals surface area contributed by atoms with E-state index in [1.165, 1.54) is 0 Å². The number of hydrogen-bond acceptors (Lipinski definition) is 3. The van der Waals surface area contributed by atoms with Gasteiger partial charge in [-0.15, -0.1) is 6.42 Å². The minimum Gasteiger partial charge on any atom is -0.480 e. The Bertz CT molecular complexity index is 372. The van der Waals surface area contributed by atoms with E-state index in [1.807, 2.05) is 0 Å². The van der Waals surface area contributed by atoms with Gasteiger partial charge >= 0.3 is 12.0 Å². The smallest absolute Gasteiger partial charge is 0.326 e. The highest BCUT2D eigenvalue weighted by Gasteiger charge is 2.39. The largest absolute Gasteiger partial charge is 0.480 e. The van der Waals surface area contributed by atoms with Gasteiger partial charge in [-0.3, -0.25) is 0 Å². The van der Waals surface area contributed by atoms with Gasteiger partial charge in [0.15, 0.2) is 0 Å². The number of aliphatic hydroxyl groups is 1. The fraction of sp³-hybridized carbons (Fsp3) is 0.636. The molecule has 2 atom stereocenters. The van der Waals surface area contributed by atoms with Crippen LogP contribution < -0.4 is 5.32 Å². The summed E-state index contributed by atoms with van der Waals surface area (Å²) in [5, 5.41) is 20.9. The predicted octanol–water partition coefficient (Wildman–Crippen LogP) is -0.372. The van der Waals surface area contributed by atoms with E-state index in [2.05, 4.69) is 11.2 Å². The van der Waals surface area contributed by atoms with Crippen LogP contribution in [0, 0.1) is 12.3 Å². The van der Waals surface area contributed by atoms with Crippen LogP contribution in [-0.4, -0.2) is 51.3 Å². The summed E-state index contributed by atoms with van der Waals surface area (Å²) in [5.74, 6) is 1.25. The monoisotopic (exact) mass is 240 g/mol. The quantitative estimate of drug-likeness (QED) is 0.574. The van der Waals surface area contributed by atoms with Gasteiger partial charge in [-0.1, -0.05) is 5.92 Å². The summed E-state index contributed by atoms with van der Waals surface area (Å²) in [6.07, 6.45) is 4.46. The maximum atomic E-state index is 11.8. The Balaban J connectivity index is 2.75. The molecule has 1 heterocycles. The molecule has 0 aromatic rings. The van der Waals surface area contributed by atoms with Gasteiger partial charge in [-0.2, -0.15) is 0 Å². The number of urea groups is 1. The number of amides is 2. The van der Waals surface area contributed by atoms with E-state index in [1.54, 1.807) is 13.8 Å². The fourth-order valence-corrected chi connectivity index (χ4v) is 1.65. The van der Waals surface area contributed by atoms with Crippen LogP contribution in [0.2, 0.25) is 0 Å². The van der Waals surface area contributed by atoms with Crippen molar-refractivity contribution in [2.75, 3.05) is 6.54 Å². The molecule has 1 aliphatic heterocycles. The molecule has 0 aromatic heterocycles. The number of β-amino-alcohol motifs (C(OH)–C–C–N with tert-alkyl or cyclic N) is 1. The summed E-state index contributed by atoms with van der Waals surface area (Å²) in [4.78, 5) is 23.8. The maximum Gasteiger partial charge on any atom is 0.326 e. The fourth-order valence-electron chi connectivity index (χ4n) is 1.65. The number of aliphatic carboxylic acids is 1. The van der Waals surface area contributed by atoms with Crippen molar-refractivity contribution in [2.24, 2.45) is 0 Å². The summed E-state index contributed by atoms with van der Waals surface area (Å²) in [7, 11) is 0. The van der Waals surface area contributed by atoms with Crippen molar-refractivity contribution in [3.63, 3.8) is 0 Å². The van der Waals surface area contributed by atoms with E-state index in [4.69, 9.17) is 11.5 Å². The average Bonchev–Trinajstić information content (AvgIpc) is 2.60. The normalized spacial score (nSPS) is 24.2. The summed E-state index contributed by atoms with van der Waals surface area (Å²) >= 11 is 0. The highest BCUT2D eigenvalue weighted by molar-refractivity contribution is 5.84. The third kappa shape index (κ3) is 3.11. The number of carbonyl (C=O) groups is 2. The maximum absolute atomic E-state index is 11.8. The Morgan fingerprint density at radius 2 is 2.12 bits per heavy atom. The first kappa shape index (κ1) is 13.3. The molecule has 94 valence electrons. The Morgan fingerprint density at radius 3 is 2.59 bits per heavy atom. The summed E-state index contributed by atoms with van der Waals surface area (Å²) in [6.45, 7) is 3.27. The minimum atomic E-state index is -1.13. The van der Waals surface area contributed by atoms with Crippen LogP contribution in [0.1, 0.15) is 20.3 Å². The Labute approximate surface area is 99.6 Å². The van der Waals surface area contributed by atoms with E-state index in [-0.39, 0.29) is 13.0 Å². The zero-order valence-corrected chi connectivity index (χ0v) is 9.80. The van der Waals surface area contributed by atoms with Crippen LogP contribution in [-0.2, 0) is 4.79 Å². The predicted molar refractivity (Wildman–Crippen MR) is 60.2 cm³/mol. The standard InChI is InChI=1S/C11H16N2O4/c1-4-11(2,3)12-10(17)13-6-7(14)5-8(13)9(15)16/h1,7-8,14H,5-6H2,2-3H3,(H,12,17)(H,15,16)/t7-,8+/m1/s1. The number of hydrogen-bond donors (Lipinski definition) is 3. The van der Waals surface area contributed by atoms with Crippen molar-refractivity contribution in [3.05, 3.63) is 0 Å². The van der Waals surface area contributed by atoms with Crippen molar-refractivity contribution < 1.29 is 19.8 Å². The van der Waals surface area contributed by atoms with Gasteiger partial charge in [-0.05, 0) is 13.8 Å². The summed E-state index contributed by atoms with van der Waals surface area (Å²) < 4.78 is 0. The zero-order valence-electron chi connectivity index (χ0n) is 9.80. The molecule has 0 bridgehead atoms. The lowest BCUT2D eigenvalue weighted by Gasteiger charge is -2.27. The SMILES string of the molecule is C#CC(C)(C)NC(=O)N1C[C@H](O)C[C@H]1C(=O)O. The van der Waals surface area contributed by atoms with Crippen molar-refractivity contribution in [3.8, 4) is 12.3 Å². The molecule has 1 saturated heterocycles. The van der Waals surface area contributed by atoms with Crippen LogP contribution in [0.5, 0.6) is 0 Å². The van der Waals surface area contributed by atoms with Gasteiger partial charge in [0, 0.05) is 13.0 Å². The second-order valence-electron chi connectivity index (χ2n) is 4.60. The number of carbonyl (C=O) groups excluding carboxylic acids is 1. The Kier molecular flexibility index (Phi) is 3.63. The zero-order chi connectivity index (χ0) is 13.2. The highest BCUT2D eigenvalue weighted by atomic mass is 16.4. The summed E-state index contributed by atoms with van der Waals surface area (Å²) in [5.41, 5.74) is -0.853. The van der Waals surface area contributed by atoms with Crippen LogP contribution in [0.3, 0.4) is 0 Å². The molecule has 17 heavy (non-hydrogen) atoms. The van der Waals surface area contributed by atoms with Crippen LogP contribution in [0.15, 0.2) is 0 Å². The second kappa shape index (κ2) is 4.63. The number of rotatable bonds is 2. The number of terminal acetylenes is 1. The van der Waals surface area contributed by atoms with E-state index in [9.17, 15) is 14.7 Å². The molecule has 0 spiro atoms. The first-order valence-electron chi connectivity index (χ1n) is 5.24. The molecule has 0 unspecified atom stereocenters. The average molecular weight is 240 g/mol. The Hall–Kier alpha value is -1.74. The minimum absolute atomic E-state index is 0.00342. The molecule has 0 radical (unpaired) electrons. The molecule has 6 heteroatoms. The van der Waals surface area contributed by atoms with Crippen LogP contribution >= 0.6 is 0 Å². The highest BCUT2D eigenvalue weighted by Crippen LogP contribution is 2.18. The van der Waals surface area contributed by atoms with Crippen molar-refractivity contribution >= 4 is 12.0 Å². The number of carboxylic acid groups (broad SMARTS) is 1. The molecule has 3 N–H and O–H groups in total. The number of aliphatic hydroxyl groups excluding tert-OH is 1. The molecule has 1 aliphatic rings. The van der Waals surface area contributed by atoms with Gasteiger partial charge in [0.05, 0.1) is 11.6 Å². The van der Waals surface area contributed by atoms with Crippen molar-refractivity contribution in [1.82, 2.24) is 10.2 Å². The van der Waals surface area contributed by atoms with E-state index < -0.39 is 29.7 Å². The molecule has 1 fully saturated rings. The lowest BCUT2D eigenvalue weighted by atomic mass is 10.1. The number of nitrogens with zero attached hydrogens (tertiary/aromatic N) is 1. The first-order chi connectivity index (χ1) is 7.76. The molecule has 6 nitrogen and oxygen atoms in total. The third-order valence-corrected chi connectivity index (χ3v) is 2.61. The molecule has 2 amide bonds. The molecular weight excluding hydrogens is 224 g/mol. The van der Waals surface area contributed by atoms with E-state index in [0.29, 0.717) is 0 Å². The molecule has 0 aromatic carbocycles. The van der Waals surface area contributed by atoms with E-state index in [0.717, 1.165) is 4.90 Å². The topological polar surface area (TPSA) is 89.9 Å². The molecular formula is C11H16N2O4. The van der Waals surface area contributed by atoms with Gasteiger partial charge < -0.3 is 20.4 Å². The lowest BCUT2D eigenvalue weighted by molar-refractivity contribution is -0.141. The van der Waals surface area contributed by atoms with Gasteiger partial charge in [0.1, 0.15) is 6.04 Å². The van der Waals surface area contributed by atoms with Gasteiger partial charge in [0.2, 0.25) is 0 Å². The first-order valence-corrected chi connectivity index (χ1v) is 5.24.